The smallest absolute Gasteiger partial charge is 0.321 e. The number of carbonyl (C=O) groups is 3. The second-order valence-electron chi connectivity index (χ2n) is 4.59. The van der Waals surface area contributed by atoms with Crippen LogP contribution in [0, 0.1) is 5.92 Å². The normalized spacial score (nSPS) is 9.89. The van der Waals surface area contributed by atoms with Crippen molar-refractivity contribution in [2.75, 3.05) is 13.2 Å². The number of carbonyl (C=O) groups excluding carboxylic acids is 3. The van der Waals surface area contributed by atoms with E-state index in [-0.39, 0.29) is 25.4 Å². The summed E-state index contributed by atoms with van der Waals surface area (Å²) in [5.74, 6) is -3.06. The van der Waals surface area contributed by atoms with Crippen molar-refractivity contribution >= 4 is 17.7 Å². The molecule has 0 spiro atoms. The van der Waals surface area contributed by atoms with Crippen molar-refractivity contribution in [3.63, 3.8) is 0 Å². The van der Waals surface area contributed by atoms with Crippen LogP contribution in [0.2, 0.25) is 0 Å². The lowest BCUT2D eigenvalue weighted by Crippen LogP contribution is -2.30. The summed E-state index contributed by atoms with van der Waals surface area (Å²) in [5.41, 5.74) is 1.29. The molecule has 0 aromatic rings. The van der Waals surface area contributed by atoms with Crippen LogP contribution >= 0.6 is 0 Å². The number of Topliss-reactive ketones (excluding diaryl/α,β-unsaturated/α-hetero) is 1. The van der Waals surface area contributed by atoms with Crippen molar-refractivity contribution < 1.29 is 23.9 Å². The molecule has 0 N–H and O–H groups in total. The fourth-order valence-electron chi connectivity index (χ4n) is 1.14. The first kappa shape index (κ1) is 17.1. The third kappa shape index (κ3) is 7.91. The molecular weight excluding hydrogens is 248 g/mol. The number of ketones is 1. The largest absolute Gasteiger partial charge is 0.461 e. The number of rotatable bonds is 8. The molecule has 0 aliphatic carbocycles. The lowest BCUT2D eigenvalue weighted by atomic mass is 10.0. The van der Waals surface area contributed by atoms with E-state index in [2.05, 4.69) is 13.2 Å². The quantitative estimate of drug-likeness (QED) is 0.381. The van der Waals surface area contributed by atoms with Gasteiger partial charge in [0.15, 0.2) is 5.92 Å². The first-order chi connectivity index (χ1) is 8.73. The Kier molecular flexibility index (Phi) is 7.41. The van der Waals surface area contributed by atoms with Crippen molar-refractivity contribution in [3.8, 4) is 0 Å². The van der Waals surface area contributed by atoms with Crippen LogP contribution in [0.5, 0.6) is 0 Å². The van der Waals surface area contributed by atoms with Crippen molar-refractivity contribution in [1.82, 2.24) is 0 Å². The lowest BCUT2D eigenvalue weighted by molar-refractivity contribution is -0.162. The van der Waals surface area contributed by atoms with Crippen LogP contribution in [0.15, 0.2) is 24.3 Å². The van der Waals surface area contributed by atoms with Crippen LogP contribution in [-0.2, 0) is 23.9 Å². The van der Waals surface area contributed by atoms with Gasteiger partial charge in [-0.1, -0.05) is 13.2 Å². The van der Waals surface area contributed by atoms with E-state index in [1.54, 1.807) is 13.8 Å². The maximum Gasteiger partial charge on any atom is 0.321 e. The highest BCUT2D eigenvalue weighted by molar-refractivity contribution is 5.98. The summed E-state index contributed by atoms with van der Waals surface area (Å²) in [5, 5.41) is 0. The van der Waals surface area contributed by atoms with E-state index in [4.69, 9.17) is 9.47 Å². The molecule has 0 atom stereocenters. The van der Waals surface area contributed by atoms with Gasteiger partial charge in [-0.3, -0.25) is 14.4 Å². The van der Waals surface area contributed by atoms with E-state index in [1.165, 1.54) is 6.92 Å². The highest BCUT2D eigenvalue weighted by Crippen LogP contribution is 2.11. The zero-order valence-electron chi connectivity index (χ0n) is 11.7. The van der Waals surface area contributed by atoms with E-state index < -0.39 is 17.9 Å². The van der Waals surface area contributed by atoms with Crippen LogP contribution in [0.25, 0.3) is 0 Å². The van der Waals surface area contributed by atoms with Gasteiger partial charge in [0.2, 0.25) is 0 Å². The SMILES string of the molecule is C=C(C)COC(=O)C(CC(C)=O)C(=O)OCC(=C)C. The second-order valence-corrected chi connectivity index (χ2v) is 4.59. The van der Waals surface area contributed by atoms with E-state index >= 15 is 0 Å². The van der Waals surface area contributed by atoms with Gasteiger partial charge < -0.3 is 9.47 Å². The molecule has 0 bridgehead atoms. The van der Waals surface area contributed by atoms with E-state index in [0.717, 1.165) is 0 Å². The van der Waals surface area contributed by atoms with Crippen molar-refractivity contribution in [2.24, 2.45) is 5.92 Å². The fraction of sp³-hybridized carbons (Fsp3) is 0.500. The summed E-state index contributed by atoms with van der Waals surface area (Å²) < 4.78 is 9.76. The third-order valence-electron chi connectivity index (χ3n) is 1.98. The van der Waals surface area contributed by atoms with Gasteiger partial charge in [0, 0.05) is 6.42 Å². The molecule has 0 saturated carbocycles. The highest BCUT2D eigenvalue weighted by Gasteiger charge is 2.31. The average Bonchev–Trinajstić information content (AvgIpc) is 2.29. The van der Waals surface area contributed by atoms with Crippen LogP contribution in [0.3, 0.4) is 0 Å². The van der Waals surface area contributed by atoms with Gasteiger partial charge in [-0.05, 0) is 31.9 Å². The molecule has 5 heteroatoms. The van der Waals surface area contributed by atoms with Crippen molar-refractivity contribution in [3.05, 3.63) is 24.3 Å². The fourth-order valence-corrected chi connectivity index (χ4v) is 1.14. The van der Waals surface area contributed by atoms with Crippen LogP contribution < -0.4 is 0 Å². The molecule has 19 heavy (non-hydrogen) atoms. The molecule has 106 valence electrons. The second kappa shape index (κ2) is 8.24. The van der Waals surface area contributed by atoms with Crippen molar-refractivity contribution in [1.29, 1.82) is 0 Å². The lowest BCUT2D eigenvalue weighted by Gasteiger charge is -2.14. The monoisotopic (exact) mass is 268 g/mol. The zero-order valence-corrected chi connectivity index (χ0v) is 11.7. The summed E-state index contributed by atoms with van der Waals surface area (Å²) in [7, 11) is 0. The molecule has 0 aromatic carbocycles. The predicted octanol–water partition coefficient (Wildman–Crippen LogP) is 1.82. The van der Waals surface area contributed by atoms with E-state index in [0.29, 0.717) is 11.1 Å². The molecule has 0 aliphatic heterocycles. The Morgan fingerprint density at radius 3 is 1.53 bits per heavy atom. The van der Waals surface area contributed by atoms with Crippen LogP contribution in [-0.4, -0.2) is 30.9 Å². The molecule has 0 amide bonds. The molecule has 0 unspecified atom stereocenters. The standard InChI is InChI=1S/C14H20O5/c1-9(2)7-18-13(16)12(6-11(5)15)14(17)19-8-10(3)4/h12H,1,3,6-8H2,2,4-5H3. The zero-order chi connectivity index (χ0) is 15.0. The molecular formula is C14H20O5. The van der Waals surface area contributed by atoms with Crippen LogP contribution in [0.1, 0.15) is 27.2 Å². The van der Waals surface area contributed by atoms with Gasteiger partial charge in [0.05, 0.1) is 0 Å². The van der Waals surface area contributed by atoms with Gasteiger partial charge in [0.25, 0.3) is 0 Å². The topological polar surface area (TPSA) is 69.7 Å². The first-order valence-electron chi connectivity index (χ1n) is 5.85. The van der Waals surface area contributed by atoms with E-state index in [9.17, 15) is 14.4 Å². The average molecular weight is 268 g/mol. The summed E-state index contributed by atoms with van der Waals surface area (Å²) in [6.45, 7) is 11.9. The van der Waals surface area contributed by atoms with E-state index in [1.807, 2.05) is 0 Å². The summed E-state index contributed by atoms with van der Waals surface area (Å²) in [6.07, 6.45) is -0.232. The van der Waals surface area contributed by atoms with Gasteiger partial charge >= 0.3 is 11.9 Å². The number of hydrogen-bond donors (Lipinski definition) is 0. The maximum absolute atomic E-state index is 11.7. The molecule has 0 rings (SSSR count). The summed E-state index contributed by atoms with van der Waals surface area (Å²) in [6, 6.07) is 0. The Balaban J connectivity index is 4.64. The summed E-state index contributed by atoms with van der Waals surface area (Å²) in [4.78, 5) is 34.5. The minimum atomic E-state index is -1.23. The van der Waals surface area contributed by atoms with Crippen molar-refractivity contribution in [2.45, 2.75) is 27.2 Å². The van der Waals surface area contributed by atoms with Gasteiger partial charge in [-0.15, -0.1) is 0 Å². The number of hydrogen-bond acceptors (Lipinski definition) is 5. The molecule has 0 aromatic heterocycles. The minimum Gasteiger partial charge on any atom is -0.461 e. The predicted molar refractivity (Wildman–Crippen MR) is 70.3 cm³/mol. The number of esters is 2. The molecule has 0 heterocycles. The van der Waals surface area contributed by atoms with Gasteiger partial charge in [-0.25, -0.2) is 0 Å². The van der Waals surface area contributed by atoms with Gasteiger partial charge in [-0.2, -0.15) is 0 Å². The van der Waals surface area contributed by atoms with Crippen LogP contribution in [0.4, 0.5) is 0 Å². The maximum atomic E-state index is 11.7. The van der Waals surface area contributed by atoms with Gasteiger partial charge in [0.1, 0.15) is 19.0 Å². The molecule has 5 nitrogen and oxygen atoms in total. The third-order valence-corrected chi connectivity index (χ3v) is 1.98. The molecule has 0 radical (unpaired) electrons. The first-order valence-corrected chi connectivity index (χ1v) is 5.85. The Morgan fingerprint density at radius 1 is 0.895 bits per heavy atom. The molecule has 0 aliphatic rings. The molecule has 0 saturated heterocycles. The Morgan fingerprint density at radius 2 is 1.26 bits per heavy atom. The summed E-state index contributed by atoms with van der Waals surface area (Å²) >= 11 is 0. The Hall–Kier alpha value is -1.91. The number of ether oxygens (including phenoxy) is 2. The highest BCUT2D eigenvalue weighted by atomic mass is 16.6. The minimum absolute atomic E-state index is 0.0149. The Labute approximate surface area is 113 Å². The Bertz CT molecular complexity index is 365. The molecule has 0 fully saturated rings.